The largest absolute Gasteiger partial charge is 0.271 e. The molecular formula is C12H22N2. The number of hydrazine groups is 1. The van der Waals surface area contributed by atoms with Crippen molar-refractivity contribution in [3.63, 3.8) is 0 Å². The molecule has 2 nitrogen and oxygen atoms in total. The zero-order valence-electron chi connectivity index (χ0n) is 8.91. The highest BCUT2D eigenvalue weighted by Crippen LogP contribution is 2.56. The second-order valence-corrected chi connectivity index (χ2v) is 5.72. The van der Waals surface area contributed by atoms with Crippen LogP contribution in [0.3, 0.4) is 0 Å². The van der Waals surface area contributed by atoms with Gasteiger partial charge in [-0.25, -0.2) is 0 Å². The van der Waals surface area contributed by atoms with Gasteiger partial charge in [0.25, 0.3) is 0 Å². The van der Waals surface area contributed by atoms with Crippen LogP contribution >= 0.6 is 0 Å². The topological polar surface area (TPSA) is 38.0 Å². The first-order chi connectivity index (χ1) is 6.88. The molecule has 0 heterocycles. The second-order valence-electron chi connectivity index (χ2n) is 5.72. The maximum atomic E-state index is 5.74. The monoisotopic (exact) mass is 194 g/mol. The van der Waals surface area contributed by atoms with Crippen LogP contribution in [0, 0.1) is 23.7 Å². The molecule has 3 rings (SSSR count). The molecule has 0 bridgehead atoms. The van der Waals surface area contributed by atoms with E-state index in [4.69, 9.17) is 5.84 Å². The molecule has 0 aromatic carbocycles. The SMILES string of the molecule is NNC(C1CCCC1)C1CC2CC2C1. The Morgan fingerprint density at radius 3 is 2.14 bits per heavy atom. The first-order valence-corrected chi connectivity index (χ1v) is 6.34. The average Bonchev–Trinajstić information content (AvgIpc) is 2.70. The van der Waals surface area contributed by atoms with Crippen molar-refractivity contribution in [1.82, 2.24) is 5.43 Å². The lowest BCUT2D eigenvalue weighted by Gasteiger charge is -2.29. The third-order valence-corrected chi connectivity index (χ3v) is 4.89. The Labute approximate surface area is 86.6 Å². The highest BCUT2D eigenvalue weighted by Gasteiger charge is 2.48. The first-order valence-electron chi connectivity index (χ1n) is 6.34. The minimum atomic E-state index is 0.644. The number of nitrogens with two attached hydrogens (primary N) is 1. The highest BCUT2D eigenvalue weighted by atomic mass is 15.2. The van der Waals surface area contributed by atoms with Gasteiger partial charge in [-0.2, -0.15) is 0 Å². The fourth-order valence-corrected chi connectivity index (χ4v) is 4.03. The van der Waals surface area contributed by atoms with Gasteiger partial charge in [0.1, 0.15) is 0 Å². The lowest BCUT2D eigenvalue weighted by molar-refractivity contribution is 0.249. The maximum Gasteiger partial charge on any atom is 0.0267 e. The highest BCUT2D eigenvalue weighted by molar-refractivity contribution is 5.00. The lowest BCUT2D eigenvalue weighted by Crippen LogP contribution is -2.45. The summed E-state index contributed by atoms with van der Waals surface area (Å²) < 4.78 is 0. The van der Waals surface area contributed by atoms with Gasteiger partial charge in [0.05, 0.1) is 0 Å². The van der Waals surface area contributed by atoms with Crippen LogP contribution in [0.2, 0.25) is 0 Å². The summed E-state index contributed by atoms with van der Waals surface area (Å²) >= 11 is 0. The summed E-state index contributed by atoms with van der Waals surface area (Å²) in [6.07, 6.45) is 10.2. The van der Waals surface area contributed by atoms with E-state index in [1.807, 2.05) is 0 Å². The molecule has 3 atom stereocenters. The first kappa shape index (κ1) is 9.17. The van der Waals surface area contributed by atoms with Gasteiger partial charge in [0.15, 0.2) is 0 Å². The van der Waals surface area contributed by atoms with E-state index in [0.29, 0.717) is 6.04 Å². The predicted molar refractivity (Wildman–Crippen MR) is 57.4 cm³/mol. The van der Waals surface area contributed by atoms with Gasteiger partial charge in [-0.1, -0.05) is 12.8 Å². The quantitative estimate of drug-likeness (QED) is 0.533. The summed E-state index contributed by atoms with van der Waals surface area (Å²) in [5.74, 6) is 9.73. The summed E-state index contributed by atoms with van der Waals surface area (Å²) in [5.41, 5.74) is 3.13. The number of nitrogens with one attached hydrogen (secondary N) is 1. The minimum absolute atomic E-state index is 0.644. The fraction of sp³-hybridized carbons (Fsp3) is 1.00. The molecule has 0 saturated heterocycles. The summed E-state index contributed by atoms with van der Waals surface area (Å²) in [7, 11) is 0. The van der Waals surface area contributed by atoms with Crippen molar-refractivity contribution in [2.75, 3.05) is 0 Å². The number of hydrogen-bond donors (Lipinski definition) is 2. The molecule has 14 heavy (non-hydrogen) atoms. The van der Waals surface area contributed by atoms with Gasteiger partial charge in [0, 0.05) is 6.04 Å². The Hall–Kier alpha value is -0.0800. The molecule has 0 amide bonds. The molecule has 3 aliphatic carbocycles. The minimum Gasteiger partial charge on any atom is -0.271 e. The van der Waals surface area contributed by atoms with Crippen LogP contribution in [0.4, 0.5) is 0 Å². The van der Waals surface area contributed by atoms with Crippen molar-refractivity contribution in [2.45, 2.75) is 51.0 Å². The molecule has 0 spiro atoms. The van der Waals surface area contributed by atoms with E-state index in [2.05, 4.69) is 5.43 Å². The molecule has 3 saturated carbocycles. The number of rotatable bonds is 3. The van der Waals surface area contributed by atoms with Crippen molar-refractivity contribution in [2.24, 2.45) is 29.5 Å². The number of hydrogen-bond acceptors (Lipinski definition) is 2. The van der Waals surface area contributed by atoms with Crippen LogP contribution in [0.15, 0.2) is 0 Å². The molecule has 3 aliphatic rings. The Kier molecular flexibility index (Phi) is 2.29. The third kappa shape index (κ3) is 1.49. The predicted octanol–water partition coefficient (Wildman–Crippen LogP) is 2.05. The molecule has 80 valence electrons. The number of fused-ring (bicyclic) bond motifs is 1. The van der Waals surface area contributed by atoms with Crippen molar-refractivity contribution in [3.8, 4) is 0 Å². The van der Waals surface area contributed by atoms with Crippen molar-refractivity contribution in [3.05, 3.63) is 0 Å². The normalized spacial score (nSPS) is 43.9. The molecule has 3 unspecified atom stereocenters. The Bertz CT molecular complexity index is 200. The zero-order chi connectivity index (χ0) is 9.54. The van der Waals surface area contributed by atoms with E-state index in [0.717, 1.165) is 23.7 Å². The van der Waals surface area contributed by atoms with E-state index < -0.39 is 0 Å². The Morgan fingerprint density at radius 1 is 0.929 bits per heavy atom. The average molecular weight is 194 g/mol. The van der Waals surface area contributed by atoms with Crippen molar-refractivity contribution >= 4 is 0 Å². The van der Waals surface area contributed by atoms with Gasteiger partial charge < -0.3 is 0 Å². The molecule has 2 heteroatoms. The lowest BCUT2D eigenvalue weighted by atomic mass is 9.84. The zero-order valence-corrected chi connectivity index (χ0v) is 8.91. The van der Waals surface area contributed by atoms with E-state index in [9.17, 15) is 0 Å². The van der Waals surface area contributed by atoms with Gasteiger partial charge in [-0.05, 0) is 55.8 Å². The van der Waals surface area contributed by atoms with Crippen LogP contribution in [-0.4, -0.2) is 6.04 Å². The molecule has 3 fully saturated rings. The van der Waals surface area contributed by atoms with E-state index in [-0.39, 0.29) is 0 Å². The smallest absolute Gasteiger partial charge is 0.0267 e. The molecule has 0 radical (unpaired) electrons. The Balaban J connectivity index is 1.61. The standard InChI is InChI=1S/C12H22N2/c13-14-12(8-3-1-2-4-8)11-6-9-5-10(9)7-11/h8-12,14H,1-7,13H2. The second kappa shape index (κ2) is 3.49. The maximum absolute atomic E-state index is 5.74. The van der Waals surface area contributed by atoms with Gasteiger partial charge in [0.2, 0.25) is 0 Å². The van der Waals surface area contributed by atoms with Crippen molar-refractivity contribution in [1.29, 1.82) is 0 Å². The van der Waals surface area contributed by atoms with Crippen LogP contribution in [0.1, 0.15) is 44.9 Å². The molecule has 0 aromatic rings. The van der Waals surface area contributed by atoms with Gasteiger partial charge >= 0.3 is 0 Å². The van der Waals surface area contributed by atoms with Crippen LogP contribution in [0.25, 0.3) is 0 Å². The molecule has 0 aromatic heterocycles. The van der Waals surface area contributed by atoms with Crippen LogP contribution in [0.5, 0.6) is 0 Å². The fourth-order valence-electron chi connectivity index (χ4n) is 4.03. The van der Waals surface area contributed by atoms with Crippen LogP contribution in [-0.2, 0) is 0 Å². The summed E-state index contributed by atoms with van der Waals surface area (Å²) in [4.78, 5) is 0. The molecule has 0 aliphatic heterocycles. The summed E-state index contributed by atoms with van der Waals surface area (Å²) in [5, 5.41) is 0. The summed E-state index contributed by atoms with van der Waals surface area (Å²) in [6, 6.07) is 0.644. The molecule has 3 N–H and O–H groups in total. The third-order valence-electron chi connectivity index (χ3n) is 4.89. The van der Waals surface area contributed by atoms with Gasteiger partial charge in [-0.3, -0.25) is 11.3 Å². The van der Waals surface area contributed by atoms with Crippen molar-refractivity contribution < 1.29 is 0 Å². The van der Waals surface area contributed by atoms with Gasteiger partial charge in [-0.15, -0.1) is 0 Å². The summed E-state index contributed by atoms with van der Waals surface area (Å²) in [6.45, 7) is 0. The van der Waals surface area contributed by atoms with Crippen LogP contribution < -0.4 is 11.3 Å². The van der Waals surface area contributed by atoms with E-state index >= 15 is 0 Å². The molecular weight excluding hydrogens is 172 g/mol. The van der Waals surface area contributed by atoms with E-state index in [1.54, 1.807) is 0 Å². The van der Waals surface area contributed by atoms with E-state index in [1.165, 1.54) is 44.9 Å². The Morgan fingerprint density at radius 2 is 1.57 bits per heavy atom.